The lowest BCUT2D eigenvalue weighted by atomic mass is 10.2. The second kappa shape index (κ2) is 10.5. The van der Waals surface area contributed by atoms with Crippen molar-refractivity contribution < 1.29 is 8.42 Å². The summed E-state index contributed by atoms with van der Waals surface area (Å²) in [6.45, 7) is 8.51. The van der Waals surface area contributed by atoms with E-state index < -0.39 is 9.84 Å². The summed E-state index contributed by atoms with van der Waals surface area (Å²) in [7, 11) is -2.89. The van der Waals surface area contributed by atoms with Gasteiger partial charge in [-0.2, -0.15) is 0 Å². The van der Waals surface area contributed by atoms with Crippen LogP contribution in [0.4, 0.5) is 5.69 Å². The lowest BCUT2D eigenvalue weighted by Crippen LogP contribution is -2.47. The third-order valence-corrected chi connectivity index (χ3v) is 7.47. The fourth-order valence-electron chi connectivity index (χ4n) is 3.83. The molecule has 0 aliphatic carbocycles. The van der Waals surface area contributed by atoms with Gasteiger partial charge in [0.1, 0.15) is 0 Å². The Morgan fingerprint density at radius 1 is 1.24 bits per heavy atom. The van der Waals surface area contributed by atoms with E-state index in [-0.39, 0.29) is 17.5 Å². The first-order valence-corrected chi connectivity index (χ1v) is 12.6. The fraction of sp³-hybridized carbons (Fsp3) is 0.650. The summed E-state index contributed by atoms with van der Waals surface area (Å²) in [5, 5.41) is 7.30. The van der Waals surface area contributed by atoms with E-state index in [4.69, 9.17) is 11.6 Å². The molecule has 1 aromatic carbocycles. The van der Waals surface area contributed by atoms with Crippen molar-refractivity contribution in [3.63, 3.8) is 0 Å². The van der Waals surface area contributed by atoms with Gasteiger partial charge in [-0.3, -0.25) is 9.89 Å². The van der Waals surface area contributed by atoms with Crippen molar-refractivity contribution >= 4 is 33.1 Å². The van der Waals surface area contributed by atoms with Crippen LogP contribution in [0.2, 0.25) is 5.02 Å². The van der Waals surface area contributed by atoms with Gasteiger partial charge >= 0.3 is 0 Å². The van der Waals surface area contributed by atoms with E-state index in [1.807, 2.05) is 25.1 Å². The Balaban J connectivity index is 1.39. The Morgan fingerprint density at radius 3 is 2.66 bits per heavy atom. The number of halogens is 1. The zero-order chi connectivity index (χ0) is 20.7. The van der Waals surface area contributed by atoms with Crippen LogP contribution in [0, 0.1) is 0 Å². The summed E-state index contributed by atoms with van der Waals surface area (Å²) < 4.78 is 23.3. The minimum Gasteiger partial charge on any atom is -0.368 e. The molecule has 3 rings (SSSR count). The van der Waals surface area contributed by atoms with Gasteiger partial charge in [0.15, 0.2) is 15.8 Å². The SMILES string of the molecule is CCNC(=NCCCN1CCN(c2ccccc2Cl)CC1)NC1CCS(=O)(=O)C1. The Morgan fingerprint density at radius 2 is 2.00 bits per heavy atom. The van der Waals surface area contributed by atoms with Crippen molar-refractivity contribution in [1.29, 1.82) is 0 Å². The quantitative estimate of drug-likeness (QED) is 0.380. The summed E-state index contributed by atoms with van der Waals surface area (Å²) in [6.07, 6.45) is 1.63. The molecule has 2 heterocycles. The van der Waals surface area contributed by atoms with Gasteiger partial charge in [0, 0.05) is 51.9 Å². The van der Waals surface area contributed by atoms with Gasteiger partial charge in [-0.15, -0.1) is 0 Å². The average Bonchev–Trinajstić information content (AvgIpc) is 3.04. The second-order valence-corrected chi connectivity index (χ2v) is 10.3. The number of anilines is 1. The lowest BCUT2D eigenvalue weighted by Gasteiger charge is -2.36. The summed E-state index contributed by atoms with van der Waals surface area (Å²) >= 11 is 6.31. The normalized spacial score (nSPS) is 22.6. The van der Waals surface area contributed by atoms with Crippen LogP contribution in [0.15, 0.2) is 29.3 Å². The zero-order valence-electron chi connectivity index (χ0n) is 17.1. The molecule has 2 N–H and O–H groups in total. The van der Waals surface area contributed by atoms with E-state index in [0.717, 1.165) is 68.9 Å². The molecule has 2 fully saturated rings. The third kappa shape index (κ3) is 6.76. The minimum absolute atomic E-state index is 0.0318. The molecule has 9 heteroatoms. The molecule has 0 bridgehead atoms. The third-order valence-electron chi connectivity index (χ3n) is 5.39. The van der Waals surface area contributed by atoms with Gasteiger partial charge in [0.2, 0.25) is 0 Å². The standard InChI is InChI=1S/C20H32ClN5O2S/c1-2-22-20(24-17-8-15-29(27,28)16-17)23-9-5-10-25-11-13-26(14-12-25)19-7-4-3-6-18(19)21/h3-4,6-7,17H,2,5,8-16H2,1H3,(H2,22,23,24). The molecule has 0 spiro atoms. The number of hydrogen-bond donors (Lipinski definition) is 2. The zero-order valence-corrected chi connectivity index (χ0v) is 18.7. The summed E-state index contributed by atoms with van der Waals surface area (Å²) in [4.78, 5) is 9.44. The van der Waals surface area contributed by atoms with E-state index in [1.54, 1.807) is 0 Å². The minimum atomic E-state index is -2.89. The topological polar surface area (TPSA) is 77.0 Å². The van der Waals surface area contributed by atoms with Crippen molar-refractivity contribution in [3.05, 3.63) is 29.3 Å². The van der Waals surface area contributed by atoms with Crippen LogP contribution >= 0.6 is 11.6 Å². The molecular formula is C20H32ClN5O2S. The molecule has 2 aliphatic rings. The van der Waals surface area contributed by atoms with Crippen molar-refractivity contribution in [3.8, 4) is 0 Å². The Hall–Kier alpha value is -1.51. The monoisotopic (exact) mass is 441 g/mol. The number of guanidine groups is 1. The Kier molecular flexibility index (Phi) is 8.03. The van der Waals surface area contributed by atoms with Crippen molar-refractivity contribution in [2.75, 3.05) is 62.2 Å². The van der Waals surface area contributed by atoms with Crippen LogP contribution in [0.3, 0.4) is 0 Å². The molecule has 1 unspecified atom stereocenters. The average molecular weight is 442 g/mol. The Bertz CT molecular complexity index is 794. The van der Waals surface area contributed by atoms with E-state index in [9.17, 15) is 8.42 Å². The molecule has 1 atom stereocenters. The maximum Gasteiger partial charge on any atom is 0.191 e. The molecule has 1 aromatic rings. The van der Waals surface area contributed by atoms with Crippen LogP contribution in [-0.4, -0.2) is 82.6 Å². The van der Waals surface area contributed by atoms with Crippen molar-refractivity contribution in [2.45, 2.75) is 25.8 Å². The van der Waals surface area contributed by atoms with Gasteiger partial charge in [-0.1, -0.05) is 23.7 Å². The van der Waals surface area contributed by atoms with Crippen LogP contribution in [0.5, 0.6) is 0 Å². The van der Waals surface area contributed by atoms with Gasteiger partial charge < -0.3 is 15.5 Å². The van der Waals surface area contributed by atoms with Gasteiger partial charge in [0.05, 0.1) is 22.2 Å². The molecule has 162 valence electrons. The van der Waals surface area contributed by atoms with Crippen LogP contribution < -0.4 is 15.5 Å². The van der Waals surface area contributed by atoms with Gasteiger partial charge in [0.25, 0.3) is 0 Å². The number of sulfone groups is 1. The molecule has 0 amide bonds. The van der Waals surface area contributed by atoms with Gasteiger partial charge in [-0.05, 0) is 31.9 Å². The first-order valence-electron chi connectivity index (χ1n) is 10.4. The van der Waals surface area contributed by atoms with Gasteiger partial charge in [-0.25, -0.2) is 8.42 Å². The van der Waals surface area contributed by atoms with E-state index in [0.29, 0.717) is 6.42 Å². The summed E-state index contributed by atoms with van der Waals surface area (Å²) in [5.74, 6) is 1.19. The summed E-state index contributed by atoms with van der Waals surface area (Å²) in [6, 6.07) is 7.99. The fourth-order valence-corrected chi connectivity index (χ4v) is 5.76. The second-order valence-electron chi connectivity index (χ2n) is 7.64. The number of benzene rings is 1. The van der Waals surface area contributed by atoms with Crippen molar-refractivity contribution in [1.82, 2.24) is 15.5 Å². The maximum atomic E-state index is 11.6. The van der Waals surface area contributed by atoms with Crippen LogP contribution in [-0.2, 0) is 9.84 Å². The molecule has 2 saturated heterocycles. The van der Waals surface area contributed by atoms with Crippen LogP contribution in [0.1, 0.15) is 19.8 Å². The molecule has 29 heavy (non-hydrogen) atoms. The number of hydrogen-bond acceptors (Lipinski definition) is 5. The highest BCUT2D eigenvalue weighted by atomic mass is 35.5. The highest BCUT2D eigenvalue weighted by Crippen LogP contribution is 2.25. The highest BCUT2D eigenvalue weighted by Gasteiger charge is 2.28. The highest BCUT2D eigenvalue weighted by molar-refractivity contribution is 7.91. The largest absolute Gasteiger partial charge is 0.368 e. The maximum absolute atomic E-state index is 11.6. The Labute approximate surface area is 179 Å². The predicted octanol–water partition coefficient (Wildman–Crippen LogP) is 1.59. The van der Waals surface area contributed by atoms with E-state index >= 15 is 0 Å². The molecule has 2 aliphatic heterocycles. The number of rotatable bonds is 7. The van der Waals surface area contributed by atoms with Crippen molar-refractivity contribution in [2.24, 2.45) is 4.99 Å². The number of para-hydroxylation sites is 1. The molecule has 0 saturated carbocycles. The molecular weight excluding hydrogens is 410 g/mol. The number of piperazine rings is 1. The van der Waals surface area contributed by atoms with E-state index in [1.165, 1.54) is 0 Å². The van der Waals surface area contributed by atoms with E-state index in [2.05, 4.69) is 31.5 Å². The predicted molar refractivity (Wildman–Crippen MR) is 121 cm³/mol. The molecule has 7 nitrogen and oxygen atoms in total. The van der Waals surface area contributed by atoms with Crippen LogP contribution in [0.25, 0.3) is 0 Å². The summed E-state index contributed by atoms with van der Waals surface area (Å²) in [5.41, 5.74) is 1.12. The smallest absolute Gasteiger partial charge is 0.191 e. The number of aliphatic imine (C=N–C) groups is 1. The number of nitrogens with one attached hydrogen (secondary N) is 2. The lowest BCUT2D eigenvalue weighted by molar-refractivity contribution is 0.256. The first-order chi connectivity index (χ1) is 14.0. The first kappa shape index (κ1) is 22.2. The molecule has 0 radical (unpaired) electrons. The number of nitrogens with zero attached hydrogens (tertiary/aromatic N) is 3. The molecule has 0 aromatic heterocycles.